The second-order valence-corrected chi connectivity index (χ2v) is 12.6. The molecule has 2 saturated carbocycles. The molecule has 2 nitrogen and oxygen atoms in total. The largest absolute Gasteiger partial charge is 0.414 e. The molecule has 2 fully saturated rings. The van der Waals surface area contributed by atoms with Crippen LogP contribution in [0.4, 0.5) is 0 Å². The molecule has 0 bridgehead atoms. The third kappa shape index (κ3) is 2.47. The zero-order chi connectivity index (χ0) is 12.9. The van der Waals surface area contributed by atoms with Gasteiger partial charge in [-0.25, -0.2) is 0 Å². The molecule has 2 rings (SSSR count). The van der Waals surface area contributed by atoms with Gasteiger partial charge in [-0.2, -0.15) is 0 Å². The summed E-state index contributed by atoms with van der Waals surface area (Å²) in [5, 5.41) is 9.39. The Hall–Kier alpha value is 0.137. The van der Waals surface area contributed by atoms with Crippen molar-refractivity contribution < 1.29 is 9.53 Å². The summed E-state index contributed by atoms with van der Waals surface area (Å²) in [7, 11) is -1.56. The fraction of sp³-hybridized carbons (Fsp3) is 1.00. The third-order valence-electron chi connectivity index (χ3n) is 5.29. The van der Waals surface area contributed by atoms with E-state index in [1.807, 2.05) is 0 Å². The van der Waals surface area contributed by atoms with Crippen LogP contribution in [0.1, 0.15) is 46.5 Å². The highest BCUT2D eigenvalue weighted by atomic mass is 28.4. The van der Waals surface area contributed by atoms with E-state index >= 15 is 0 Å². The minimum absolute atomic E-state index is 0.322. The molecular weight excluding hydrogens is 228 g/mol. The molecule has 0 saturated heterocycles. The molecule has 0 aromatic rings. The van der Waals surface area contributed by atoms with Crippen LogP contribution in [0.2, 0.25) is 18.1 Å². The van der Waals surface area contributed by atoms with Crippen LogP contribution in [0.5, 0.6) is 0 Å². The summed E-state index contributed by atoms with van der Waals surface area (Å²) in [5.74, 6) is 0.587. The molecule has 1 spiro atoms. The van der Waals surface area contributed by atoms with Gasteiger partial charge in [0, 0.05) is 12.7 Å². The molecule has 2 aliphatic carbocycles. The van der Waals surface area contributed by atoms with Crippen LogP contribution in [0.3, 0.4) is 0 Å². The predicted molar refractivity (Wildman–Crippen MR) is 73.5 cm³/mol. The molecule has 0 aromatic heterocycles. The average Bonchev–Trinajstić information content (AvgIpc) is 2.04. The Kier molecular flexibility index (Phi) is 3.25. The highest BCUT2D eigenvalue weighted by Gasteiger charge is 2.54. The van der Waals surface area contributed by atoms with E-state index in [0.717, 1.165) is 0 Å². The van der Waals surface area contributed by atoms with Gasteiger partial charge in [0.25, 0.3) is 0 Å². The Bertz CT molecular complexity index is 279. The first kappa shape index (κ1) is 13.6. The van der Waals surface area contributed by atoms with E-state index in [0.29, 0.717) is 29.1 Å². The van der Waals surface area contributed by atoms with Crippen LogP contribution in [0, 0.1) is 11.3 Å². The van der Waals surface area contributed by atoms with Gasteiger partial charge in [0.2, 0.25) is 0 Å². The molecule has 0 atom stereocenters. The van der Waals surface area contributed by atoms with Gasteiger partial charge in [0.15, 0.2) is 8.32 Å². The third-order valence-corrected chi connectivity index (χ3v) is 9.83. The molecule has 0 aromatic carbocycles. The molecule has 0 amide bonds. The van der Waals surface area contributed by atoms with Crippen LogP contribution in [0.25, 0.3) is 0 Å². The topological polar surface area (TPSA) is 29.5 Å². The van der Waals surface area contributed by atoms with Gasteiger partial charge in [0.1, 0.15) is 0 Å². The highest BCUT2D eigenvalue weighted by molar-refractivity contribution is 6.74. The van der Waals surface area contributed by atoms with Crippen molar-refractivity contribution in [3.8, 4) is 0 Å². The van der Waals surface area contributed by atoms with Crippen molar-refractivity contribution in [3.05, 3.63) is 0 Å². The fourth-order valence-corrected chi connectivity index (χ4v) is 4.56. The summed E-state index contributed by atoms with van der Waals surface area (Å²) in [6, 6.07) is 0. The van der Waals surface area contributed by atoms with Gasteiger partial charge >= 0.3 is 0 Å². The van der Waals surface area contributed by atoms with Crippen molar-refractivity contribution in [2.24, 2.45) is 11.3 Å². The summed E-state index contributed by atoms with van der Waals surface area (Å²) >= 11 is 0. The second kappa shape index (κ2) is 4.07. The molecule has 1 N–H and O–H groups in total. The van der Waals surface area contributed by atoms with Crippen LogP contribution >= 0.6 is 0 Å². The lowest BCUT2D eigenvalue weighted by Gasteiger charge is -2.59. The van der Waals surface area contributed by atoms with Crippen LogP contribution < -0.4 is 0 Å². The van der Waals surface area contributed by atoms with Crippen LogP contribution in [0.15, 0.2) is 0 Å². The number of hydrogen-bond acceptors (Lipinski definition) is 2. The average molecular weight is 256 g/mol. The maximum atomic E-state index is 9.07. The molecule has 2 aliphatic rings. The van der Waals surface area contributed by atoms with E-state index in [-0.39, 0.29) is 0 Å². The zero-order valence-corrected chi connectivity index (χ0v) is 13.0. The molecule has 0 radical (unpaired) electrons. The van der Waals surface area contributed by atoms with Crippen molar-refractivity contribution in [3.63, 3.8) is 0 Å². The Labute approximate surface area is 107 Å². The molecule has 0 aliphatic heterocycles. The van der Waals surface area contributed by atoms with Gasteiger partial charge in [-0.3, -0.25) is 0 Å². The second-order valence-electron chi connectivity index (χ2n) is 7.87. The maximum Gasteiger partial charge on any atom is 0.192 e. The van der Waals surface area contributed by atoms with Crippen molar-refractivity contribution in [1.29, 1.82) is 0 Å². The van der Waals surface area contributed by atoms with Gasteiger partial charge in [0.05, 0.1) is 0 Å². The lowest BCUT2D eigenvalue weighted by atomic mass is 9.51. The Morgan fingerprint density at radius 2 is 1.71 bits per heavy atom. The van der Waals surface area contributed by atoms with E-state index in [4.69, 9.17) is 9.53 Å². The number of rotatable bonds is 3. The lowest BCUT2D eigenvalue weighted by Crippen LogP contribution is -2.55. The van der Waals surface area contributed by atoms with Crippen molar-refractivity contribution in [2.75, 3.05) is 6.61 Å². The first-order valence-electron chi connectivity index (χ1n) is 6.96. The Balaban J connectivity index is 1.78. The van der Waals surface area contributed by atoms with E-state index in [2.05, 4.69) is 33.9 Å². The minimum atomic E-state index is -1.56. The molecule has 100 valence electrons. The molecule has 0 heterocycles. The van der Waals surface area contributed by atoms with E-state index in [1.54, 1.807) is 0 Å². The van der Waals surface area contributed by atoms with Crippen LogP contribution in [-0.2, 0) is 4.43 Å². The Morgan fingerprint density at radius 3 is 2.12 bits per heavy atom. The van der Waals surface area contributed by atoms with Gasteiger partial charge in [-0.15, -0.1) is 0 Å². The van der Waals surface area contributed by atoms with Crippen molar-refractivity contribution in [2.45, 2.75) is 70.7 Å². The number of aliphatic hydroxyl groups is 1. The molecule has 3 heteroatoms. The van der Waals surface area contributed by atoms with Crippen molar-refractivity contribution >= 4 is 8.32 Å². The maximum absolute atomic E-state index is 9.07. The predicted octanol–water partition coefficient (Wildman–Crippen LogP) is 3.56. The normalized spacial score (nSPS) is 37.8. The highest BCUT2D eigenvalue weighted by Crippen LogP contribution is 2.60. The monoisotopic (exact) mass is 256 g/mol. The molecule has 0 unspecified atom stereocenters. The summed E-state index contributed by atoms with van der Waals surface area (Å²) < 4.78 is 6.41. The summed E-state index contributed by atoms with van der Waals surface area (Å²) in [6.07, 6.45) is 5.48. The van der Waals surface area contributed by atoms with Crippen molar-refractivity contribution in [1.82, 2.24) is 0 Å². The molecular formula is C14H28O2Si. The molecule has 17 heavy (non-hydrogen) atoms. The zero-order valence-electron chi connectivity index (χ0n) is 12.0. The Morgan fingerprint density at radius 1 is 1.18 bits per heavy atom. The first-order chi connectivity index (χ1) is 7.67. The van der Waals surface area contributed by atoms with Gasteiger partial charge in [-0.05, 0) is 55.1 Å². The standard InChI is InChI=1S/C14H28O2Si/c1-13(2,3)17(4,5)16-12-8-14(9-12)6-11(7-14)10-15/h11-12,15H,6-10H2,1-5H3. The van der Waals surface area contributed by atoms with E-state index in [1.165, 1.54) is 25.7 Å². The summed E-state index contributed by atoms with van der Waals surface area (Å²) in [6.45, 7) is 12.0. The van der Waals surface area contributed by atoms with E-state index in [9.17, 15) is 0 Å². The SMILES string of the molecule is CC(C)(C)[Si](C)(C)OC1CC2(CC(CO)C2)C1. The lowest BCUT2D eigenvalue weighted by molar-refractivity contribution is -0.114. The fourth-order valence-electron chi connectivity index (χ4n) is 3.21. The van der Waals surface area contributed by atoms with Crippen LogP contribution in [-0.4, -0.2) is 26.1 Å². The quantitative estimate of drug-likeness (QED) is 0.782. The smallest absolute Gasteiger partial charge is 0.192 e. The minimum Gasteiger partial charge on any atom is -0.414 e. The number of hydrogen-bond donors (Lipinski definition) is 1. The number of aliphatic hydroxyl groups excluding tert-OH is 1. The summed E-state index contributed by atoms with van der Waals surface area (Å²) in [4.78, 5) is 0. The van der Waals surface area contributed by atoms with Gasteiger partial charge in [-0.1, -0.05) is 20.8 Å². The summed E-state index contributed by atoms with van der Waals surface area (Å²) in [5.41, 5.74) is 0.570. The van der Waals surface area contributed by atoms with Gasteiger partial charge < -0.3 is 9.53 Å². The van der Waals surface area contributed by atoms with E-state index < -0.39 is 8.32 Å². The first-order valence-corrected chi connectivity index (χ1v) is 9.87.